The van der Waals surface area contributed by atoms with Crippen LogP contribution in [-0.4, -0.2) is 30.6 Å². The number of carbonyl (C=O) groups excluding carboxylic acids is 1. The van der Waals surface area contributed by atoms with Gasteiger partial charge < -0.3 is 15.4 Å². The van der Waals surface area contributed by atoms with Crippen LogP contribution in [0.25, 0.3) is 0 Å². The van der Waals surface area contributed by atoms with E-state index in [0.717, 1.165) is 43.0 Å². The van der Waals surface area contributed by atoms with Gasteiger partial charge in [-0.25, -0.2) is 4.98 Å². The third kappa shape index (κ3) is 2.97. The van der Waals surface area contributed by atoms with Crippen molar-refractivity contribution in [3.05, 3.63) is 17.8 Å². The van der Waals surface area contributed by atoms with E-state index in [4.69, 9.17) is 10.5 Å². The maximum absolute atomic E-state index is 11.7. The Hall–Kier alpha value is -1.78. The number of hydrogen-bond acceptors (Lipinski definition) is 5. The number of aryl methyl sites for hydroxylation is 1. The molecule has 1 saturated heterocycles. The molecule has 1 aliphatic heterocycles. The molecule has 1 fully saturated rings. The molecule has 5 nitrogen and oxygen atoms in total. The summed E-state index contributed by atoms with van der Waals surface area (Å²) in [6, 6.07) is 1.91. The summed E-state index contributed by atoms with van der Waals surface area (Å²) in [6.45, 7) is 5.86. The molecule has 0 amide bonds. The Morgan fingerprint density at radius 2 is 2.21 bits per heavy atom. The van der Waals surface area contributed by atoms with Gasteiger partial charge in [-0.05, 0) is 38.3 Å². The minimum absolute atomic E-state index is 0.0160. The zero-order valence-electron chi connectivity index (χ0n) is 11.6. The number of ether oxygens (including phenoxy) is 1. The fourth-order valence-electron chi connectivity index (χ4n) is 2.39. The first-order chi connectivity index (χ1) is 9.13. The summed E-state index contributed by atoms with van der Waals surface area (Å²) >= 11 is 0. The van der Waals surface area contributed by atoms with Crippen molar-refractivity contribution in [1.29, 1.82) is 0 Å². The highest BCUT2D eigenvalue weighted by atomic mass is 16.5. The minimum Gasteiger partial charge on any atom is -0.466 e. The van der Waals surface area contributed by atoms with Crippen LogP contribution in [0.3, 0.4) is 0 Å². The van der Waals surface area contributed by atoms with Gasteiger partial charge in [-0.15, -0.1) is 0 Å². The smallest absolute Gasteiger partial charge is 0.309 e. The molecule has 2 heterocycles. The molecule has 0 unspecified atom stereocenters. The van der Waals surface area contributed by atoms with Crippen LogP contribution in [0.2, 0.25) is 0 Å². The third-order valence-corrected chi connectivity index (χ3v) is 3.60. The molecule has 0 spiro atoms. The normalized spacial score (nSPS) is 16.4. The predicted octanol–water partition coefficient (Wildman–Crippen LogP) is 1.75. The minimum atomic E-state index is -0.0766. The van der Waals surface area contributed by atoms with Crippen LogP contribution in [0, 0.1) is 12.8 Å². The highest BCUT2D eigenvalue weighted by Gasteiger charge is 2.27. The van der Waals surface area contributed by atoms with Crippen LogP contribution >= 0.6 is 0 Å². The highest BCUT2D eigenvalue weighted by Crippen LogP contribution is 2.28. The molecule has 1 aromatic rings. The van der Waals surface area contributed by atoms with E-state index in [-0.39, 0.29) is 11.9 Å². The first-order valence-electron chi connectivity index (χ1n) is 6.76. The third-order valence-electron chi connectivity index (χ3n) is 3.60. The Labute approximate surface area is 113 Å². The lowest BCUT2D eigenvalue weighted by molar-refractivity contribution is -0.148. The number of carbonyl (C=O) groups is 1. The summed E-state index contributed by atoms with van der Waals surface area (Å²) in [5, 5.41) is 0. The van der Waals surface area contributed by atoms with Gasteiger partial charge in [0.1, 0.15) is 0 Å². The molecular formula is C14H21N3O2. The molecule has 104 valence electrons. The number of aromatic nitrogens is 1. The summed E-state index contributed by atoms with van der Waals surface area (Å²) in [5.74, 6) is 0.775. The lowest BCUT2D eigenvalue weighted by Gasteiger charge is -2.32. The molecule has 0 saturated carbocycles. The number of rotatable bonds is 3. The van der Waals surface area contributed by atoms with E-state index in [1.807, 2.05) is 19.9 Å². The molecule has 0 bridgehead atoms. The quantitative estimate of drug-likeness (QED) is 0.841. The summed E-state index contributed by atoms with van der Waals surface area (Å²) in [7, 11) is 0. The highest BCUT2D eigenvalue weighted by molar-refractivity contribution is 5.73. The largest absolute Gasteiger partial charge is 0.466 e. The molecule has 0 aliphatic carbocycles. The second kappa shape index (κ2) is 5.91. The average molecular weight is 263 g/mol. The Balaban J connectivity index is 2.00. The predicted molar refractivity (Wildman–Crippen MR) is 75.0 cm³/mol. The lowest BCUT2D eigenvalue weighted by atomic mass is 9.97. The Bertz CT molecular complexity index is 454. The number of nitrogens with zero attached hydrogens (tertiary/aromatic N) is 2. The van der Waals surface area contributed by atoms with Gasteiger partial charge in [-0.2, -0.15) is 0 Å². The van der Waals surface area contributed by atoms with Crippen LogP contribution in [0.5, 0.6) is 0 Å². The Kier molecular flexibility index (Phi) is 4.24. The number of piperidine rings is 1. The fourth-order valence-corrected chi connectivity index (χ4v) is 2.39. The molecular weight excluding hydrogens is 242 g/mol. The molecule has 0 radical (unpaired) electrons. The van der Waals surface area contributed by atoms with Crippen molar-refractivity contribution in [2.24, 2.45) is 5.92 Å². The van der Waals surface area contributed by atoms with Crippen molar-refractivity contribution in [1.82, 2.24) is 4.98 Å². The summed E-state index contributed by atoms with van der Waals surface area (Å²) in [5.41, 5.74) is 7.83. The topological polar surface area (TPSA) is 68.5 Å². The first-order valence-corrected chi connectivity index (χ1v) is 6.76. The molecule has 1 aliphatic rings. The Morgan fingerprint density at radius 1 is 1.53 bits per heavy atom. The van der Waals surface area contributed by atoms with E-state index in [9.17, 15) is 4.79 Å². The molecule has 2 rings (SSSR count). The van der Waals surface area contributed by atoms with E-state index in [1.54, 1.807) is 6.20 Å². The van der Waals surface area contributed by atoms with Gasteiger partial charge in [0.15, 0.2) is 5.82 Å². The molecule has 0 aromatic carbocycles. The molecule has 2 N–H and O–H groups in total. The van der Waals surface area contributed by atoms with Crippen LogP contribution in [-0.2, 0) is 9.53 Å². The zero-order valence-corrected chi connectivity index (χ0v) is 11.6. The number of nitrogens with two attached hydrogens (primary N) is 1. The second-order valence-corrected chi connectivity index (χ2v) is 4.88. The summed E-state index contributed by atoms with van der Waals surface area (Å²) < 4.78 is 5.07. The van der Waals surface area contributed by atoms with Gasteiger partial charge in [0.2, 0.25) is 0 Å². The van der Waals surface area contributed by atoms with Gasteiger partial charge in [0, 0.05) is 19.3 Å². The monoisotopic (exact) mass is 263 g/mol. The van der Waals surface area contributed by atoms with E-state index < -0.39 is 0 Å². The van der Waals surface area contributed by atoms with Gasteiger partial charge in [-0.3, -0.25) is 4.79 Å². The lowest BCUT2D eigenvalue weighted by Crippen LogP contribution is -2.37. The second-order valence-electron chi connectivity index (χ2n) is 4.88. The standard InChI is InChI=1S/C14H21N3O2/c1-3-19-14(18)11-5-8-17(9-6-11)13-12(15)10(2)4-7-16-13/h4,7,11H,3,5-6,8-9,15H2,1-2H3. The van der Waals surface area contributed by atoms with Gasteiger partial charge in [0.05, 0.1) is 18.2 Å². The summed E-state index contributed by atoms with van der Waals surface area (Å²) in [6.07, 6.45) is 3.38. The molecule has 0 atom stereocenters. The molecule has 5 heteroatoms. The zero-order chi connectivity index (χ0) is 13.8. The fraction of sp³-hybridized carbons (Fsp3) is 0.571. The number of nitrogen functional groups attached to an aromatic ring is 1. The number of esters is 1. The van der Waals surface area contributed by atoms with Crippen LogP contribution in [0.4, 0.5) is 11.5 Å². The van der Waals surface area contributed by atoms with Crippen LogP contribution < -0.4 is 10.6 Å². The maximum atomic E-state index is 11.7. The van der Waals surface area contributed by atoms with Crippen molar-refractivity contribution < 1.29 is 9.53 Å². The van der Waals surface area contributed by atoms with E-state index >= 15 is 0 Å². The van der Waals surface area contributed by atoms with Crippen LogP contribution in [0.1, 0.15) is 25.3 Å². The number of pyridine rings is 1. The van der Waals surface area contributed by atoms with Crippen molar-refractivity contribution in [2.45, 2.75) is 26.7 Å². The summed E-state index contributed by atoms with van der Waals surface area (Å²) in [4.78, 5) is 18.2. The van der Waals surface area contributed by atoms with Gasteiger partial charge in [-0.1, -0.05) is 0 Å². The first kappa shape index (κ1) is 13.6. The van der Waals surface area contributed by atoms with E-state index in [0.29, 0.717) is 6.61 Å². The number of hydrogen-bond donors (Lipinski definition) is 1. The van der Waals surface area contributed by atoms with Crippen molar-refractivity contribution >= 4 is 17.5 Å². The van der Waals surface area contributed by atoms with E-state index in [1.165, 1.54) is 0 Å². The van der Waals surface area contributed by atoms with E-state index in [2.05, 4.69) is 9.88 Å². The maximum Gasteiger partial charge on any atom is 0.309 e. The number of anilines is 2. The van der Waals surface area contributed by atoms with Crippen molar-refractivity contribution in [3.63, 3.8) is 0 Å². The van der Waals surface area contributed by atoms with Gasteiger partial charge in [0.25, 0.3) is 0 Å². The SMILES string of the molecule is CCOC(=O)C1CCN(c2nccc(C)c2N)CC1. The molecule has 19 heavy (non-hydrogen) atoms. The Morgan fingerprint density at radius 3 is 2.84 bits per heavy atom. The van der Waals surface area contributed by atoms with Gasteiger partial charge >= 0.3 is 5.97 Å². The van der Waals surface area contributed by atoms with Crippen molar-refractivity contribution in [2.75, 3.05) is 30.3 Å². The average Bonchev–Trinajstić information content (AvgIpc) is 2.42. The molecule has 1 aromatic heterocycles. The van der Waals surface area contributed by atoms with Crippen molar-refractivity contribution in [3.8, 4) is 0 Å². The van der Waals surface area contributed by atoms with Crippen LogP contribution in [0.15, 0.2) is 12.3 Å².